The molecule has 0 saturated carbocycles. The van der Waals surface area contributed by atoms with Crippen LogP contribution >= 0.6 is 34.8 Å². The van der Waals surface area contributed by atoms with Crippen LogP contribution < -0.4 is 4.74 Å². The van der Waals surface area contributed by atoms with Crippen LogP contribution in [0.5, 0.6) is 5.88 Å². The normalized spacial score (nSPS) is 12.9. The predicted octanol–water partition coefficient (Wildman–Crippen LogP) is 2.96. The number of halogens is 3. The molecule has 2 heterocycles. The van der Waals surface area contributed by atoms with E-state index in [-0.39, 0.29) is 28.6 Å². The van der Waals surface area contributed by atoms with Crippen LogP contribution in [0.1, 0.15) is 13.2 Å². The van der Waals surface area contributed by atoms with E-state index >= 15 is 0 Å². The summed E-state index contributed by atoms with van der Waals surface area (Å²) >= 11 is 17.6. The van der Waals surface area contributed by atoms with Gasteiger partial charge in [-0.3, -0.25) is 4.79 Å². The van der Waals surface area contributed by atoms with Crippen molar-refractivity contribution in [2.45, 2.75) is 13.2 Å². The summed E-state index contributed by atoms with van der Waals surface area (Å²) < 4.78 is 6.93. The van der Waals surface area contributed by atoms with Gasteiger partial charge in [0.25, 0.3) is 6.23 Å². The number of hydrogen-bond donors (Lipinski definition) is 0. The molecule has 6 nitrogen and oxygen atoms in total. The van der Waals surface area contributed by atoms with E-state index in [9.17, 15) is 4.79 Å². The average Bonchev–Trinajstić information content (AvgIpc) is 3.05. The lowest BCUT2D eigenvalue weighted by atomic mass is 9.89. The maximum absolute atomic E-state index is 12.8. The van der Waals surface area contributed by atoms with Crippen LogP contribution in [0.15, 0.2) is 30.9 Å². The SMILES string of the molecule is CC(CCl)(CCl)C(=O)C(Oc1cccc(Cl)n1)n1cncn1. The predicted molar refractivity (Wildman–Crippen MR) is 83.5 cm³/mol. The molecule has 0 aromatic carbocycles. The Morgan fingerprint density at radius 2 is 2.14 bits per heavy atom. The standard InChI is InChI=1S/C13H13Cl3N4O2/c1-13(5-14,6-15)11(21)12(20-8-17-7-18-20)22-10-4-2-3-9(16)19-10/h2-4,7-8,12H,5-6H2,1H3. The Morgan fingerprint density at radius 1 is 1.41 bits per heavy atom. The zero-order valence-corrected chi connectivity index (χ0v) is 13.9. The van der Waals surface area contributed by atoms with Crippen molar-refractivity contribution in [1.82, 2.24) is 19.7 Å². The molecule has 22 heavy (non-hydrogen) atoms. The molecule has 0 saturated heterocycles. The fraction of sp³-hybridized carbons (Fsp3) is 0.385. The van der Waals surface area contributed by atoms with E-state index in [0.717, 1.165) is 0 Å². The van der Waals surface area contributed by atoms with Crippen molar-refractivity contribution >= 4 is 40.6 Å². The van der Waals surface area contributed by atoms with Gasteiger partial charge in [0.1, 0.15) is 17.8 Å². The van der Waals surface area contributed by atoms with Gasteiger partial charge in [0.15, 0.2) is 0 Å². The van der Waals surface area contributed by atoms with Crippen molar-refractivity contribution in [3.8, 4) is 5.88 Å². The van der Waals surface area contributed by atoms with Crippen molar-refractivity contribution in [3.63, 3.8) is 0 Å². The minimum atomic E-state index is -1.09. The third-order valence-electron chi connectivity index (χ3n) is 3.01. The van der Waals surface area contributed by atoms with Gasteiger partial charge in [-0.05, 0) is 6.07 Å². The number of carbonyl (C=O) groups is 1. The maximum atomic E-state index is 12.8. The number of carbonyl (C=O) groups excluding carboxylic acids is 1. The maximum Gasteiger partial charge on any atom is 0.254 e. The van der Waals surface area contributed by atoms with Gasteiger partial charge < -0.3 is 4.74 Å². The van der Waals surface area contributed by atoms with Gasteiger partial charge in [-0.2, -0.15) is 5.10 Å². The topological polar surface area (TPSA) is 69.9 Å². The number of alkyl halides is 2. The van der Waals surface area contributed by atoms with Crippen LogP contribution in [0, 0.1) is 5.41 Å². The molecule has 0 amide bonds. The molecule has 0 radical (unpaired) electrons. The molecule has 118 valence electrons. The molecule has 0 aliphatic heterocycles. The van der Waals surface area contributed by atoms with E-state index in [1.54, 1.807) is 25.1 Å². The molecule has 0 aliphatic rings. The zero-order chi connectivity index (χ0) is 16.2. The lowest BCUT2D eigenvalue weighted by molar-refractivity contribution is -0.138. The molecule has 0 fully saturated rings. The second-order valence-corrected chi connectivity index (χ2v) is 5.76. The van der Waals surface area contributed by atoms with Crippen molar-refractivity contribution in [2.24, 2.45) is 5.41 Å². The number of ether oxygens (including phenoxy) is 1. The Labute approximate surface area is 142 Å². The van der Waals surface area contributed by atoms with Gasteiger partial charge in [-0.1, -0.05) is 24.6 Å². The molecule has 0 bridgehead atoms. The molecule has 1 unspecified atom stereocenters. The van der Waals surface area contributed by atoms with Gasteiger partial charge >= 0.3 is 0 Å². The molecule has 0 spiro atoms. The number of rotatable bonds is 7. The van der Waals surface area contributed by atoms with Gasteiger partial charge in [0, 0.05) is 17.8 Å². The Kier molecular flexibility index (Phi) is 5.61. The fourth-order valence-corrected chi connectivity index (χ4v) is 2.31. The highest BCUT2D eigenvalue weighted by molar-refractivity contribution is 6.29. The summed E-state index contributed by atoms with van der Waals surface area (Å²) in [5, 5.41) is 4.20. The largest absolute Gasteiger partial charge is 0.444 e. The summed E-state index contributed by atoms with van der Waals surface area (Å²) in [6, 6.07) is 4.85. The molecule has 0 aliphatic carbocycles. The van der Waals surface area contributed by atoms with Gasteiger partial charge in [0.2, 0.25) is 11.7 Å². The highest BCUT2D eigenvalue weighted by Crippen LogP contribution is 2.29. The first kappa shape index (κ1) is 17.0. The molecule has 2 rings (SSSR count). The van der Waals surface area contributed by atoms with Crippen LogP contribution in [0.25, 0.3) is 0 Å². The lowest BCUT2D eigenvalue weighted by Crippen LogP contribution is -2.40. The van der Waals surface area contributed by atoms with E-state index < -0.39 is 11.6 Å². The summed E-state index contributed by atoms with van der Waals surface area (Å²) in [6.45, 7) is 1.66. The van der Waals surface area contributed by atoms with Crippen molar-refractivity contribution < 1.29 is 9.53 Å². The summed E-state index contributed by atoms with van der Waals surface area (Å²) in [4.78, 5) is 20.6. The summed E-state index contributed by atoms with van der Waals surface area (Å²) in [7, 11) is 0. The Bertz CT molecular complexity index is 632. The highest BCUT2D eigenvalue weighted by Gasteiger charge is 2.39. The number of hydrogen-bond acceptors (Lipinski definition) is 5. The molecule has 2 aromatic heterocycles. The Balaban J connectivity index is 2.34. The third kappa shape index (κ3) is 3.69. The molecule has 0 N–H and O–H groups in total. The molecule has 9 heteroatoms. The van der Waals surface area contributed by atoms with Crippen molar-refractivity contribution in [2.75, 3.05) is 11.8 Å². The van der Waals surface area contributed by atoms with Crippen LogP contribution in [-0.2, 0) is 4.79 Å². The first-order chi connectivity index (χ1) is 10.5. The number of pyridine rings is 1. The highest BCUT2D eigenvalue weighted by atomic mass is 35.5. The second kappa shape index (κ2) is 7.26. The molecular weight excluding hydrogens is 351 g/mol. The number of aromatic nitrogens is 4. The monoisotopic (exact) mass is 362 g/mol. The summed E-state index contributed by atoms with van der Waals surface area (Å²) in [5.74, 6) is -0.0441. The van der Waals surface area contributed by atoms with E-state index in [4.69, 9.17) is 39.5 Å². The lowest BCUT2D eigenvalue weighted by Gasteiger charge is -2.27. The molecule has 2 aromatic rings. The number of ketones is 1. The zero-order valence-electron chi connectivity index (χ0n) is 11.6. The van der Waals surface area contributed by atoms with Crippen molar-refractivity contribution in [3.05, 3.63) is 36.0 Å². The van der Waals surface area contributed by atoms with E-state index in [1.165, 1.54) is 17.3 Å². The summed E-state index contributed by atoms with van der Waals surface area (Å²) in [5.41, 5.74) is -0.974. The van der Waals surface area contributed by atoms with Crippen LogP contribution in [0.3, 0.4) is 0 Å². The van der Waals surface area contributed by atoms with Crippen LogP contribution in [0.2, 0.25) is 5.15 Å². The first-order valence-electron chi connectivity index (χ1n) is 6.30. The summed E-state index contributed by atoms with van der Waals surface area (Å²) in [6.07, 6.45) is 1.58. The number of nitrogens with zero attached hydrogens (tertiary/aromatic N) is 4. The van der Waals surface area contributed by atoms with E-state index in [2.05, 4.69) is 15.1 Å². The van der Waals surface area contributed by atoms with Crippen LogP contribution in [0.4, 0.5) is 0 Å². The van der Waals surface area contributed by atoms with E-state index in [0.29, 0.717) is 0 Å². The van der Waals surface area contributed by atoms with Gasteiger partial charge in [-0.15, -0.1) is 23.2 Å². The van der Waals surface area contributed by atoms with Gasteiger partial charge in [0.05, 0.1) is 5.41 Å². The quantitative estimate of drug-likeness (QED) is 0.559. The third-order valence-corrected chi connectivity index (χ3v) is 4.40. The molecular formula is C13H13Cl3N4O2. The fourth-order valence-electron chi connectivity index (χ4n) is 1.60. The first-order valence-corrected chi connectivity index (χ1v) is 7.74. The van der Waals surface area contributed by atoms with Crippen molar-refractivity contribution in [1.29, 1.82) is 0 Å². The van der Waals surface area contributed by atoms with E-state index in [1.807, 2.05) is 0 Å². The Hall–Kier alpha value is -1.37. The van der Waals surface area contributed by atoms with Gasteiger partial charge in [-0.25, -0.2) is 14.6 Å². The number of Topliss-reactive ketones (excluding diaryl/α,β-unsaturated/α-hetero) is 1. The second-order valence-electron chi connectivity index (χ2n) is 4.84. The Morgan fingerprint density at radius 3 is 2.68 bits per heavy atom. The molecule has 1 atom stereocenters. The minimum absolute atomic E-state index is 0.0485. The van der Waals surface area contributed by atoms with Crippen LogP contribution in [-0.4, -0.2) is 37.3 Å². The minimum Gasteiger partial charge on any atom is -0.444 e. The smallest absolute Gasteiger partial charge is 0.254 e. The average molecular weight is 364 g/mol.